The van der Waals surface area contributed by atoms with Crippen LogP contribution < -0.4 is 15.6 Å². The summed E-state index contributed by atoms with van der Waals surface area (Å²) < 4.78 is 5.58. The van der Waals surface area contributed by atoms with E-state index < -0.39 is 0 Å². The van der Waals surface area contributed by atoms with Crippen LogP contribution in [0.2, 0.25) is 0 Å². The van der Waals surface area contributed by atoms with Crippen molar-refractivity contribution in [3.8, 4) is 5.75 Å². The van der Waals surface area contributed by atoms with Gasteiger partial charge in [0.05, 0.1) is 17.6 Å². The van der Waals surface area contributed by atoms with Crippen molar-refractivity contribution in [1.29, 1.82) is 0 Å². The van der Waals surface area contributed by atoms with Gasteiger partial charge in [-0.1, -0.05) is 48.5 Å². The molecule has 1 heterocycles. The largest absolute Gasteiger partial charge is 0.484 e. The van der Waals surface area contributed by atoms with Crippen LogP contribution in [-0.2, 0) is 11.3 Å². The van der Waals surface area contributed by atoms with Gasteiger partial charge in [0.15, 0.2) is 6.61 Å². The molecule has 0 saturated carbocycles. The van der Waals surface area contributed by atoms with E-state index in [4.69, 9.17) is 4.74 Å². The Balaban J connectivity index is 1.40. The molecular formula is C21H17N3O3. The molecule has 6 heteroatoms. The number of ether oxygens (including phenoxy) is 1. The van der Waals surface area contributed by atoms with Gasteiger partial charge in [0.25, 0.3) is 11.5 Å². The SMILES string of the molecule is O=C(COc1ccc2ccccc2c1)NCc1n[nH]c(=O)c2ccccc12. The molecule has 3 aromatic carbocycles. The standard InChI is InChI=1S/C21H17N3O3/c25-20(13-27-16-10-9-14-5-1-2-6-15(14)11-16)22-12-19-17-7-3-4-8-18(17)21(26)24-23-19/h1-11H,12-13H2,(H,22,25)(H,24,26). The molecule has 0 aliphatic rings. The summed E-state index contributed by atoms with van der Waals surface area (Å²) in [7, 11) is 0. The lowest BCUT2D eigenvalue weighted by Crippen LogP contribution is -2.29. The third-order valence-corrected chi connectivity index (χ3v) is 4.32. The topological polar surface area (TPSA) is 84.1 Å². The van der Waals surface area contributed by atoms with Crippen molar-refractivity contribution in [3.63, 3.8) is 0 Å². The predicted octanol–water partition coefficient (Wildman–Crippen LogP) is 2.77. The minimum atomic E-state index is -0.264. The van der Waals surface area contributed by atoms with Crippen LogP contribution >= 0.6 is 0 Å². The van der Waals surface area contributed by atoms with Gasteiger partial charge in [0, 0.05) is 5.39 Å². The Kier molecular flexibility index (Phi) is 4.53. The van der Waals surface area contributed by atoms with Crippen LogP contribution in [0.25, 0.3) is 21.5 Å². The fraction of sp³-hybridized carbons (Fsp3) is 0.0952. The molecule has 2 N–H and O–H groups in total. The summed E-state index contributed by atoms with van der Waals surface area (Å²) in [5.74, 6) is 0.372. The highest BCUT2D eigenvalue weighted by Crippen LogP contribution is 2.20. The quantitative estimate of drug-likeness (QED) is 0.574. The third kappa shape index (κ3) is 3.64. The molecule has 6 nitrogen and oxygen atoms in total. The number of aromatic amines is 1. The van der Waals surface area contributed by atoms with Crippen molar-refractivity contribution >= 4 is 27.5 Å². The highest BCUT2D eigenvalue weighted by molar-refractivity contribution is 5.85. The normalized spacial score (nSPS) is 10.8. The zero-order valence-corrected chi connectivity index (χ0v) is 14.4. The average Bonchev–Trinajstić information content (AvgIpc) is 2.72. The summed E-state index contributed by atoms with van der Waals surface area (Å²) in [5, 5.41) is 12.7. The van der Waals surface area contributed by atoms with Gasteiger partial charge in [-0.25, -0.2) is 5.10 Å². The van der Waals surface area contributed by atoms with Crippen molar-refractivity contribution in [2.24, 2.45) is 0 Å². The van der Waals surface area contributed by atoms with Crippen molar-refractivity contribution in [2.75, 3.05) is 6.61 Å². The van der Waals surface area contributed by atoms with Crippen LogP contribution in [0, 0.1) is 0 Å². The summed E-state index contributed by atoms with van der Waals surface area (Å²) in [6.07, 6.45) is 0. The van der Waals surface area contributed by atoms with Crippen LogP contribution in [0.1, 0.15) is 5.69 Å². The zero-order chi connectivity index (χ0) is 18.6. The average molecular weight is 359 g/mol. The fourth-order valence-corrected chi connectivity index (χ4v) is 2.95. The van der Waals surface area contributed by atoms with Crippen LogP contribution in [0.5, 0.6) is 5.75 Å². The molecule has 1 amide bonds. The molecule has 0 aliphatic heterocycles. The smallest absolute Gasteiger partial charge is 0.272 e. The van der Waals surface area contributed by atoms with Gasteiger partial charge in [0.1, 0.15) is 5.75 Å². The van der Waals surface area contributed by atoms with E-state index in [1.54, 1.807) is 12.1 Å². The molecule has 0 unspecified atom stereocenters. The number of hydrogen-bond acceptors (Lipinski definition) is 4. The van der Waals surface area contributed by atoms with Gasteiger partial charge in [-0.3, -0.25) is 9.59 Å². The molecule has 0 bridgehead atoms. The second kappa shape index (κ2) is 7.29. The maximum Gasteiger partial charge on any atom is 0.272 e. The molecule has 0 aliphatic carbocycles. The van der Waals surface area contributed by atoms with Crippen molar-refractivity contribution in [1.82, 2.24) is 15.5 Å². The monoisotopic (exact) mass is 359 g/mol. The third-order valence-electron chi connectivity index (χ3n) is 4.32. The minimum absolute atomic E-state index is 0.0976. The highest BCUT2D eigenvalue weighted by Gasteiger charge is 2.08. The van der Waals surface area contributed by atoms with Gasteiger partial charge in [-0.15, -0.1) is 0 Å². The number of rotatable bonds is 5. The first-order chi connectivity index (χ1) is 13.2. The predicted molar refractivity (Wildman–Crippen MR) is 104 cm³/mol. The molecule has 4 aromatic rings. The van der Waals surface area contributed by atoms with Crippen LogP contribution in [0.3, 0.4) is 0 Å². The Hall–Kier alpha value is -3.67. The number of benzene rings is 3. The molecular weight excluding hydrogens is 342 g/mol. The van der Waals surface area contributed by atoms with E-state index >= 15 is 0 Å². The molecule has 0 radical (unpaired) electrons. The second-order valence-electron chi connectivity index (χ2n) is 6.12. The Morgan fingerprint density at radius 2 is 1.70 bits per heavy atom. The van der Waals surface area contributed by atoms with Gasteiger partial charge in [-0.2, -0.15) is 5.10 Å². The molecule has 134 valence electrons. The summed E-state index contributed by atoms with van der Waals surface area (Å²) >= 11 is 0. The van der Waals surface area contributed by atoms with Crippen molar-refractivity contribution in [2.45, 2.75) is 6.54 Å². The molecule has 0 atom stereocenters. The first-order valence-electron chi connectivity index (χ1n) is 8.55. The molecule has 0 fully saturated rings. The van der Waals surface area contributed by atoms with Gasteiger partial charge in [0.2, 0.25) is 0 Å². The molecule has 0 spiro atoms. The number of nitrogens with zero attached hydrogens (tertiary/aromatic N) is 1. The summed E-state index contributed by atoms with van der Waals surface area (Å²) in [6, 6.07) is 20.8. The van der Waals surface area contributed by atoms with Crippen LogP contribution in [0.4, 0.5) is 0 Å². The van der Waals surface area contributed by atoms with E-state index in [-0.39, 0.29) is 24.6 Å². The maximum absolute atomic E-state index is 12.1. The number of hydrogen-bond donors (Lipinski definition) is 2. The van der Waals surface area contributed by atoms with Gasteiger partial charge >= 0.3 is 0 Å². The van der Waals surface area contributed by atoms with Crippen LogP contribution in [0.15, 0.2) is 71.5 Å². The van der Waals surface area contributed by atoms with E-state index in [1.165, 1.54) is 0 Å². The Morgan fingerprint density at radius 3 is 2.56 bits per heavy atom. The number of fused-ring (bicyclic) bond motifs is 2. The number of carbonyl (C=O) groups excluding carboxylic acids is 1. The summed E-state index contributed by atoms with van der Waals surface area (Å²) in [4.78, 5) is 23.9. The van der Waals surface area contributed by atoms with E-state index in [2.05, 4.69) is 15.5 Å². The lowest BCUT2D eigenvalue weighted by Gasteiger charge is -2.09. The number of nitrogens with one attached hydrogen (secondary N) is 2. The van der Waals surface area contributed by atoms with Gasteiger partial charge < -0.3 is 10.1 Å². The minimum Gasteiger partial charge on any atom is -0.484 e. The Bertz CT molecular complexity index is 1180. The molecule has 1 aromatic heterocycles. The number of H-pyrrole nitrogens is 1. The summed E-state index contributed by atoms with van der Waals surface area (Å²) in [6.45, 7) is 0.108. The zero-order valence-electron chi connectivity index (χ0n) is 14.4. The first-order valence-corrected chi connectivity index (χ1v) is 8.55. The van der Waals surface area contributed by atoms with E-state index in [1.807, 2.05) is 54.6 Å². The van der Waals surface area contributed by atoms with E-state index in [0.717, 1.165) is 16.2 Å². The highest BCUT2D eigenvalue weighted by atomic mass is 16.5. The van der Waals surface area contributed by atoms with E-state index in [0.29, 0.717) is 16.8 Å². The second-order valence-corrected chi connectivity index (χ2v) is 6.12. The number of carbonyl (C=O) groups is 1. The first kappa shape index (κ1) is 16.8. The Labute approximate surface area is 154 Å². The molecule has 4 rings (SSSR count). The molecule has 27 heavy (non-hydrogen) atoms. The van der Waals surface area contributed by atoms with Crippen molar-refractivity contribution < 1.29 is 9.53 Å². The molecule has 0 saturated heterocycles. The number of amides is 1. The number of aromatic nitrogens is 2. The Morgan fingerprint density at radius 1 is 0.963 bits per heavy atom. The summed E-state index contributed by atoms with van der Waals surface area (Å²) in [5.41, 5.74) is 0.351. The lowest BCUT2D eigenvalue weighted by molar-refractivity contribution is -0.123. The maximum atomic E-state index is 12.1. The van der Waals surface area contributed by atoms with E-state index in [9.17, 15) is 9.59 Å². The van der Waals surface area contributed by atoms with Gasteiger partial charge in [-0.05, 0) is 29.0 Å². The van der Waals surface area contributed by atoms with Crippen LogP contribution in [-0.4, -0.2) is 22.7 Å². The lowest BCUT2D eigenvalue weighted by atomic mass is 10.1. The fourth-order valence-electron chi connectivity index (χ4n) is 2.95. The van der Waals surface area contributed by atoms with Crippen molar-refractivity contribution in [3.05, 3.63) is 82.8 Å².